The molecule has 0 spiro atoms. The highest BCUT2D eigenvalue weighted by molar-refractivity contribution is 5.39. The maximum absolute atomic E-state index is 6.12. The van der Waals surface area contributed by atoms with Crippen LogP contribution in [0.4, 0.5) is 0 Å². The van der Waals surface area contributed by atoms with E-state index < -0.39 is 0 Å². The predicted octanol–water partition coefficient (Wildman–Crippen LogP) is 4.64. The van der Waals surface area contributed by atoms with Gasteiger partial charge in [-0.3, -0.25) is 4.90 Å². The molecule has 0 aromatic heterocycles. The molecule has 1 aliphatic heterocycles. The summed E-state index contributed by atoms with van der Waals surface area (Å²) in [7, 11) is 0. The van der Waals surface area contributed by atoms with Crippen molar-refractivity contribution < 1.29 is 9.47 Å². The molecule has 30 heavy (non-hydrogen) atoms. The third-order valence-electron chi connectivity index (χ3n) is 5.30. The number of nitrogens with one attached hydrogen (secondary N) is 1. The van der Waals surface area contributed by atoms with Crippen LogP contribution in [0.1, 0.15) is 23.6 Å². The number of benzene rings is 3. The fourth-order valence-corrected chi connectivity index (χ4v) is 3.78. The molecule has 0 radical (unpaired) electrons. The maximum Gasteiger partial charge on any atom is 0.123 e. The molecule has 0 saturated carbocycles. The second-order valence-electron chi connectivity index (χ2n) is 7.95. The molecule has 1 saturated heterocycles. The first-order valence-electron chi connectivity index (χ1n) is 10.7. The molecule has 3 aromatic rings. The molecular weight excluding hydrogens is 372 g/mol. The predicted molar refractivity (Wildman–Crippen MR) is 121 cm³/mol. The summed E-state index contributed by atoms with van der Waals surface area (Å²) in [5.41, 5.74) is 3.54. The molecule has 1 N–H and O–H groups in total. The Hall–Kier alpha value is -2.82. The fourth-order valence-electron chi connectivity index (χ4n) is 3.78. The maximum atomic E-state index is 6.12. The number of rotatable bonds is 8. The van der Waals surface area contributed by atoms with E-state index in [0.29, 0.717) is 19.3 Å². The zero-order valence-corrected chi connectivity index (χ0v) is 17.6. The Bertz CT molecular complexity index is 853. The molecule has 3 aromatic carbocycles. The van der Waals surface area contributed by atoms with Crippen molar-refractivity contribution in [3.05, 3.63) is 95.6 Å². The molecule has 0 aliphatic carbocycles. The summed E-state index contributed by atoms with van der Waals surface area (Å²) in [6.07, 6.45) is 0. The van der Waals surface area contributed by atoms with Crippen LogP contribution in [0.2, 0.25) is 0 Å². The summed E-state index contributed by atoms with van der Waals surface area (Å²) >= 11 is 0. The Balaban J connectivity index is 1.48. The lowest BCUT2D eigenvalue weighted by Crippen LogP contribution is -2.48. The summed E-state index contributed by atoms with van der Waals surface area (Å²) in [5, 5.41) is 3.51. The van der Waals surface area contributed by atoms with E-state index in [0.717, 1.165) is 48.8 Å². The molecule has 156 valence electrons. The van der Waals surface area contributed by atoms with E-state index >= 15 is 0 Å². The van der Waals surface area contributed by atoms with E-state index in [1.165, 1.54) is 5.56 Å². The summed E-state index contributed by atoms with van der Waals surface area (Å²) in [5.74, 6) is 1.70. The summed E-state index contributed by atoms with van der Waals surface area (Å²) in [4.78, 5) is 2.48. The zero-order valence-electron chi connectivity index (χ0n) is 17.6. The molecule has 4 heteroatoms. The lowest BCUT2D eigenvalue weighted by Gasteiger charge is -2.32. The summed E-state index contributed by atoms with van der Waals surface area (Å²) in [6.45, 7) is 7.37. The van der Waals surface area contributed by atoms with Crippen LogP contribution in [0.3, 0.4) is 0 Å². The molecule has 4 nitrogen and oxygen atoms in total. The Labute approximate surface area is 179 Å². The first-order chi connectivity index (χ1) is 14.7. The average Bonchev–Trinajstić information content (AvgIpc) is 2.78. The SMILES string of the molecule is CC1CN(Cc2cc(OCc3ccccc3)cc(OCc3ccccc3)c2)CCN1. The Kier molecular flexibility index (Phi) is 7.01. The van der Waals surface area contributed by atoms with Gasteiger partial charge in [0, 0.05) is 38.3 Å². The summed E-state index contributed by atoms with van der Waals surface area (Å²) in [6, 6.07) is 27.3. The molecule has 0 amide bonds. The fraction of sp³-hybridized carbons (Fsp3) is 0.308. The first-order valence-corrected chi connectivity index (χ1v) is 10.7. The minimum absolute atomic E-state index is 0.519. The zero-order chi connectivity index (χ0) is 20.6. The van der Waals surface area contributed by atoms with Gasteiger partial charge in [-0.05, 0) is 35.7 Å². The standard InChI is InChI=1S/C26H30N2O2/c1-21-17-28(13-12-27-21)18-24-14-25(29-19-22-8-4-2-5-9-22)16-26(15-24)30-20-23-10-6-3-7-11-23/h2-11,14-16,21,27H,12-13,17-20H2,1H3. The van der Waals surface area contributed by atoms with Crippen LogP contribution in [0.15, 0.2) is 78.9 Å². The van der Waals surface area contributed by atoms with Crippen LogP contribution in [0.5, 0.6) is 11.5 Å². The van der Waals surface area contributed by atoms with E-state index in [2.05, 4.69) is 53.5 Å². The van der Waals surface area contributed by atoms with E-state index in [1.807, 2.05) is 42.5 Å². The van der Waals surface area contributed by atoms with Gasteiger partial charge in [0.15, 0.2) is 0 Å². The monoisotopic (exact) mass is 402 g/mol. The average molecular weight is 403 g/mol. The minimum atomic E-state index is 0.519. The quantitative estimate of drug-likeness (QED) is 0.595. The highest BCUT2D eigenvalue weighted by Crippen LogP contribution is 2.26. The lowest BCUT2D eigenvalue weighted by molar-refractivity contribution is 0.199. The largest absolute Gasteiger partial charge is 0.489 e. The third kappa shape index (κ3) is 6.09. The van der Waals surface area contributed by atoms with Crippen molar-refractivity contribution in [3.8, 4) is 11.5 Å². The number of hydrogen-bond acceptors (Lipinski definition) is 4. The van der Waals surface area contributed by atoms with Gasteiger partial charge < -0.3 is 14.8 Å². The molecule has 1 heterocycles. The van der Waals surface area contributed by atoms with Crippen molar-refractivity contribution in [2.45, 2.75) is 32.7 Å². The van der Waals surface area contributed by atoms with Crippen molar-refractivity contribution in [2.24, 2.45) is 0 Å². The van der Waals surface area contributed by atoms with Gasteiger partial charge in [0.05, 0.1) is 0 Å². The number of nitrogens with zero attached hydrogens (tertiary/aromatic N) is 1. The van der Waals surface area contributed by atoms with Crippen LogP contribution in [0, 0.1) is 0 Å². The Morgan fingerprint density at radius 1 is 0.800 bits per heavy atom. The highest BCUT2D eigenvalue weighted by atomic mass is 16.5. The molecule has 1 unspecified atom stereocenters. The number of hydrogen-bond donors (Lipinski definition) is 1. The van der Waals surface area contributed by atoms with Gasteiger partial charge in [-0.15, -0.1) is 0 Å². The van der Waals surface area contributed by atoms with Gasteiger partial charge in [-0.1, -0.05) is 60.7 Å². The highest BCUT2D eigenvalue weighted by Gasteiger charge is 2.16. The topological polar surface area (TPSA) is 33.7 Å². The second kappa shape index (κ2) is 10.3. The van der Waals surface area contributed by atoms with E-state index in [-0.39, 0.29) is 0 Å². The van der Waals surface area contributed by atoms with Crippen molar-refractivity contribution in [1.82, 2.24) is 10.2 Å². The van der Waals surface area contributed by atoms with Crippen molar-refractivity contribution >= 4 is 0 Å². The molecule has 0 bridgehead atoms. The number of ether oxygens (including phenoxy) is 2. The van der Waals surface area contributed by atoms with Gasteiger partial charge in [-0.25, -0.2) is 0 Å². The molecule has 1 fully saturated rings. The van der Waals surface area contributed by atoms with Crippen LogP contribution in [0.25, 0.3) is 0 Å². The Morgan fingerprint density at radius 2 is 1.37 bits per heavy atom. The van der Waals surface area contributed by atoms with Crippen LogP contribution >= 0.6 is 0 Å². The lowest BCUT2D eigenvalue weighted by atomic mass is 10.1. The van der Waals surface area contributed by atoms with Crippen molar-refractivity contribution in [3.63, 3.8) is 0 Å². The van der Waals surface area contributed by atoms with Gasteiger partial charge >= 0.3 is 0 Å². The second-order valence-corrected chi connectivity index (χ2v) is 7.95. The van der Waals surface area contributed by atoms with E-state index in [9.17, 15) is 0 Å². The normalized spacial score (nSPS) is 16.9. The number of piperazine rings is 1. The van der Waals surface area contributed by atoms with E-state index in [4.69, 9.17) is 9.47 Å². The smallest absolute Gasteiger partial charge is 0.123 e. The minimum Gasteiger partial charge on any atom is -0.489 e. The Morgan fingerprint density at radius 3 is 1.90 bits per heavy atom. The van der Waals surface area contributed by atoms with E-state index in [1.54, 1.807) is 0 Å². The molecule has 4 rings (SSSR count). The van der Waals surface area contributed by atoms with Gasteiger partial charge in [-0.2, -0.15) is 0 Å². The van der Waals surface area contributed by atoms with Gasteiger partial charge in [0.2, 0.25) is 0 Å². The first kappa shape index (κ1) is 20.5. The molecular formula is C26H30N2O2. The third-order valence-corrected chi connectivity index (χ3v) is 5.30. The van der Waals surface area contributed by atoms with Crippen LogP contribution in [-0.4, -0.2) is 30.6 Å². The van der Waals surface area contributed by atoms with Crippen molar-refractivity contribution in [2.75, 3.05) is 19.6 Å². The van der Waals surface area contributed by atoms with Gasteiger partial charge in [0.25, 0.3) is 0 Å². The van der Waals surface area contributed by atoms with Crippen LogP contribution in [-0.2, 0) is 19.8 Å². The van der Waals surface area contributed by atoms with Crippen LogP contribution < -0.4 is 14.8 Å². The van der Waals surface area contributed by atoms with Crippen molar-refractivity contribution in [1.29, 1.82) is 0 Å². The summed E-state index contributed by atoms with van der Waals surface area (Å²) < 4.78 is 12.2. The van der Waals surface area contributed by atoms with Gasteiger partial charge in [0.1, 0.15) is 24.7 Å². The molecule has 1 aliphatic rings. The molecule has 1 atom stereocenters.